The van der Waals surface area contributed by atoms with E-state index in [1.54, 1.807) is 54.2 Å². The number of aryl methyl sites for hydroxylation is 1. The Balaban J connectivity index is 1.30. The van der Waals surface area contributed by atoms with Crippen molar-refractivity contribution in [2.24, 2.45) is 0 Å². The molecule has 1 aliphatic rings. The van der Waals surface area contributed by atoms with Crippen molar-refractivity contribution in [3.63, 3.8) is 0 Å². The normalized spacial score (nSPS) is 16.7. The van der Waals surface area contributed by atoms with Crippen LogP contribution in [0.15, 0.2) is 61.1 Å². The molecule has 5 rings (SSSR count). The lowest BCUT2D eigenvalue weighted by molar-refractivity contribution is 0.0749. The minimum atomic E-state index is -0.491. The number of benzene rings is 2. The summed E-state index contributed by atoms with van der Waals surface area (Å²) in [5.41, 5.74) is 9.41. The molecular weight excluding hydrogens is 461 g/mol. The summed E-state index contributed by atoms with van der Waals surface area (Å²) in [5, 5.41) is 19.3. The number of hydrogen-bond acceptors (Lipinski definition) is 7. The van der Waals surface area contributed by atoms with Crippen molar-refractivity contribution < 1.29 is 19.0 Å². The fraction of sp³-hybridized carbons (Fsp3) is 0.222. The van der Waals surface area contributed by atoms with E-state index in [0.29, 0.717) is 41.5 Å². The second-order valence-electron chi connectivity index (χ2n) is 8.80. The van der Waals surface area contributed by atoms with Crippen LogP contribution in [0, 0.1) is 24.1 Å². The number of anilines is 1. The molecule has 8 nitrogen and oxygen atoms in total. The third-order valence-electron chi connectivity index (χ3n) is 6.17. The number of aliphatic hydroxyl groups is 1. The van der Waals surface area contributed by atoms with Crippen molar-refractivity contribution in [3.8, 4) is 29.0 Å². The molecule has 0 atom stereocenters. The number of nitrogens with zero attached hydrogens (tertiary/aromatic N) is 4. The van der Waals surface area contributed by atoms with Crippen molar-refractivity contribution in [3.05, 3.63) is 89.5 Å². The Morgan fingerprint density at radius 1 is 1.11 bits per heavy atom. The first-order valence-electron chi connectivity index (χ1n) is 11.5. The Labute approximate surface area is 207 Å². The minimum Gasteiger partial charge on any atom is -0.489 e. The van der Waals surface area contributed by atoms with Gasteiger partial charge in [0.2, 0.25) is 0 Å². The topological polar surface area (TPSA) is 119 Å². The molecule has 2 aromatic heterocycles. The largest absolute Gasteiger partial charge is 0.489 e. The lowest BCUT2D eigenvalue weighted by Gasteiger charge is -2.31. The summed E-state index contributed by atoms with van der Waals surface area (Å²) in [5.74, 6) is 1.41. The second-order valence-corrected chi connectivity index (χ2v) is 8.80. The molecule has 0 radical (unpaired) electrons. The molecule has 1 fully saturated rings. The van der Waals surface area contributed by atoms with Crippen LogP contribution in [0.1, 0.15) is 41.4 Å². The van der Waals surface area contributed by atoms with Crippen LogP contribution in [0.5, 0.6) is 17.2 Å². The Morgan fingerprint density at radius 2 is 1.81 bits per heavy atom. The summed E-state index contributed by atoms with van der Waals surface area (Å²) in [7, 11) is 0. The second kappa shape index (κ2) is 9.68. The number of nitrogen functional groups attached to an aromatic ring is 1. The molecule has 36 heavy (non-hydrogen) atoms. The van der Waals surface area contributed by atoms with Crippen LogP contribution in [0.25, 0.3) is 5.69 Å². The first-order valence-corrected chi connectivity index (χ1v) is 11.5. The van der Waals surface area contributed by atoms with Crippen LogP contribution >= 0.6 is 0 Å². The number of aliphatic hydroxyl groups excluding tert-OH is 1. The van der Waals surface area contributed by atoms with Gasteiger partial charge in [0.1, 0.15) is 47.3 Å². The Kier molecular flexibility index (Phi) is 6.27. The molecule has 0 amide bonds. The molecule has 2 heterocycles. The van der Waals surface area contributed by atoms with Crippen LogP contribution in [0.4, 0.5) is 10.1 Å². The third kappa shape index (κ3) is 4.85. The minimum absolute atomic E-state index is 0.152. The van der Waals surface area contributed by atoms with E-state index < -0.39 is 5.82 Å². The summed E-state index contributed by atoms with van der Waals surface area (Å²) >= 11 is 0. The molecule has 1 saturated carbocycles. The summed E-state index contributed by atoms with van der Waals surface area (Å²) in [6.45, 7) is 1.99. The fourth-order valence-corrected chi connectivity index (χ4v) is 4.18. The summed E-state index contributed by atoms with van der Waals surface area (Å²) in [6.07, 6.45) is 6.15. The first kappa shape index (κ1) is 23.3. The molecule has 2 aromatic carbocycles. The van der Waals surface area contributed by atoms with Gasteiger partial charge in [0.15, 0.2) is 0 Å². The molecule has 1 aliphatic carbocycles. The summed E-state index contributed by atoms with van der Waals surface area (Å²) in [6, 6.07) is 13.4. The Bertz CT molecular complexity index is 1420. The zero-order valence-corrected chi connectivity index (χ0v) is 19.6. The number of nitriles is 1. The average Bonchev–Trinajstić information content (AvgIpc) is 3.17. The van der Waals surface area contributed by atoms with E-state index in [0.717, 1.165) is 16.8 Å². The monoisotopic (exact) mass is 485 g/mol. The maximum Gasteiger partial charge on any atom is 0.148 e. The summed E-state index contributed by atoms with van der Waals surface area (Å²) in [4.78, 5) is 8.24. The maximum atomic E-state index is 14.2. The van der Waals surface area contributed by atoms with Gasteiger partial charge >= 0.3 is 0 Å². The number of aromatic nitrogens is 3. The zero-order valence-electron chi connectivity index (χ0n) is 19.6. The average molecular weight is 486 g/mol. The van der Waals surface area contributed by atoms with Crippen molar-refractivity contribution >= 4 is 5.69 Å². The predicted molar refractivity (Wildman–Crippen MR) is 130 cm³/mol. The van der Waals surface area contributed by atoms with E-state index >= 15 is 0 Å². The molecular formula is C27H24FN5O3. The highest BCUT2D eigenvalue weighted by atomic mass is 19.1. The van der Waals surface area contributed by atoms with Gasteiger partial charge in [-0.05, 0) is 55.5 Å². The van der Waals surface area contributed by atoms with Gasteiger partial charge in [-0.25, -0.2) is 14.4 Å². The van der Waals surface area contributed by atoms with Gasteiger partial charge in [0, 0.05) is 48.0 Å². The number of halogens is 1. The number of ether oxygens (including phenoxy) is 2. The first-order chi connectivity index (χ1) is 17.4. The highest BCUT2D eigenvalue weighted by molar-refractivity contribution is 5.62. The molecule has 0 unspecified atom stereocenters. The Morgan fingerprint density at radius 3 is 2.47 bits per heavy atom. The zero-order chi connectivity index (χ0) is 25.2. The molecule has 9 heteroatoms. The van der Waals surface area contributed by atoms with Gasteiger partial charge in [-0.3, -0.25) is 0 Å². The van der Waals surface area contributed by atoms with Crippen molar-refractivity contribution in [2.75, 3.05) is 5.73 Å². The lowest BCUT2D eigenvalue weighted by Crippen LogP contribution is -2.26. The third-order valence-corrected chi connectivity index (χ3v) is 6.17. The summed E-state index contributed by atoms with van der Waals surface area (Å²) < 4.78 is 27.5. The molecule has 182 valence electrons. The number of rotatable bonds is 7. The van der Waals surface area contributed by atoms with Gasteiger partial charge in [0.05, 0.1) is 11.8 Å². The highest BCUT2D eigenvalue weighted by Crippen LogP contribution is 2.41. The molecule has 4 aromatic rings. The van der Waals surface area contributed by atoms with Crippen LogP contribution < -0.4 is 15.2 Å². The van der Waals surface area contributed by atoms with Crippen molar-refractivity contribution in [1.82, 2.24) is 14.5 Å². The predicted octanol–water partition coefficient (Wildman–Crippen LogP) is 4.78. The highest BCUT2D eigenvalue weighted by Gasteiger charge is 2.32. The van der Waals surface area contributed by atoms with Gasteiger partial charge in [-0.2, -0.15) is 5.26 Å². The van der Waals surface area contributed by atoms with E-state index in [4.69, 9.17) is 15.2 Å². The molecule has 0 bridgehead atoms. The quantitative estimate of drug-likeness (QED) is 0.387. The van der Waals surface area contributed by atoms with Gasteiger partial charge in [0.25, 0.3) is 0 Å². The molecule has 3 N–H and O–H groups in total. The lowest BCUT2D eigenvalue weighted by atomic mass is 9.78. The van der Waals surface area contributed by atoms with Crippen molar-refractivity contribution in [1.29, 1.82) is 5.26 Å². The van der Waals surface area contributed by atoms with Crippen LogP contribution in [0.3, 0.4) is 0 Å². The van der Waals surface area contributed by atoms with Crippen LogP contribution in [0.2, 0.25) is 0 Å². The smallest absolute Gasteiger partial charge is 0.148 e. The van der Waals surface area contributed by atoms with E-state index in [1.807, 2.05) is 6.20 Å². The fourth-order valence-electron chi connectivity index (χ4n) is 4.18. The van der Waals surface area contributed by atoms with E-state index in [-0.39, 0.29) is 24.4 Å². The van der Waals surface area contributed by atoms with Gasteiger partial charge < -0.3 is 24.9 Å². The molecule has 0 aliphatic heterocycles. The van der Waals surface area contributed by atoms with E-state index in [9.17, 15) is 14.8 Å². The van der Waals surface area contributed by atoms with Gasteiger partial charge in [-0.15, -0.1) is 0 Å². The number of nitrogens with two attached hydrogens (primary N) is 1. The number of hydrogen-bond donors (Lipinski definition) is 2. The molecule has 0 spiro atoms. The van der Waals surface area contributed by atoms with Gasteiger partial charge in [-0.1, -0.05) is 0 Å². The van der Waals surface area contributed by atoms with E-state index in [2.05, 4.69) is 16.0 Å². The van der Waals surface area contributed by atoms with Crippen molar-refractivity contribution in [2.45, 2.75) is 38.4 Å². The standard InChI is InChI=1S/C27H24FN5O3/c1-16-31-12-17(13-32-16)15-35-23-8-19(28)9-24(10-23)36-22-4-2-20(3-5-22)33-14-25(18-6-21(34)7-18)27(30)26(33)11-29/h2-5,8-10,12-14,18,21,34H,6-7,15,30H2,1H3/t18-,21+. The van der Waals surface area contributed by atoms with E-state index in [1.165, 1.54) is 12.1 Å². The van der Waals surface area contributed by atoms with Crippen LogP contribution in [-0.4, -0.2) is 25.7 Å². The Hall–Kier alpha value is -4.42. The SMILES string of the molecule is Cc1ncc(COc2cc(F)cc(Oc3ccc(-n4cc([C@H]5C[C@@H](O)C5)c(N)c4C#N)cc3)c2)cn1. The maximum absolute atomic E-state index is 14.2. The van der Waals surface area contributed by atoms with Crippen LogP contribution in [-0.2, 0) is 6.61 Å². The molecule has 0 saturated heterocycles.